The Morgan fingerprint density at radius 3 is 1.48 bits per heavy atom. The van der Waals surface area contributed by atoms with Crippen molar-refractivity contribution in [3.63, 3.8) is 0 Å². The summed E-state index contributed by atoms with van der Waals surface area (Å²) in [6, 6.07) is 107. The van der Waals surface area contributed by atoms with Crippen molar-refractivity contribution in [2.24, 2.45) is 0 Å². The van der Waals surface area contributed by atoms with Crippen molar-refractivity contribution in [1.29, 1.82) is 0 Å². The number of hydrogen-bond donors (Lipinski definition) is 0. The molecule has 13 aromatic carbocycles. The number of thiophene rings is 1. The smallest absolute Gasteiger partial charge is 0.0555 e. The minimum atomic E-state index is 1.08. The van der Waals surface area contributed by atoms with Crippen molar-refractivity contribution in [3.8, 4) is 61.3 Å². The predicted octanol–water partition coefficient (Wildman–Crippen LogP) is 21.3. The highest BCUT2D eigenvalue weighted by Crippen LogP contribution is 2.50. The van der Waals surface area contributed by atoms with Crippen molar-refractivity contribution >= 4 is 91.9 Å². The van der Waals surface area contributed by atoms with E-state index in [1.165, 1.54) is 114 Å². The Labute approximate surface area is 451 Å². The van der Waals surface area contributed by atoms with E-state index in [9.17, 15) is 0 Å². The molecule has 0 aliphatic rings. The molecule has 2 nitrogen and oxygen atoms in total. The molecule has 0 amide bonds. The fourth-order valence-electron chi connectivity index (χ4n) is 12.1. The van der Waals surface area contributed by atoms with E-state index in [4.69, 9.17) is 0 Å². The number of benzene rings is 13. The minimum absolute atomic E-state index is 1.08. The van der Waals surface area contributed by atoms with Crippen LogP contribution in [0.25, 0.3) is 125 Å². The molecule has 0 aliphatic heterocycles. The zero-order chi connectivity index (χ0) is 50.8. The molecule has 2 heterocycles. The highest BCUT2D eigenvalue weighted by atomic mass is 32.1. The first-order valence-corrected chi connectivity index (χ1v) is 27.2. The number of nitrogens with zero attached hydrogens (tertiary/aromatic N) is 2. The molecule has 0 saturated heterocycles. The lowest BCUT2D eigenvalue weighted by molar-refractivity contribution is 1.18. The summed E-state index contributed by atoms with van der Waals surface area (Å²) in [4.78, 5) is 2.47. The summed E-state index contributed by atoms with van der Waals surface area (Å²) in [6.07, 6.45) is 0. The van der Waals surface area contributed by atoms with Gasteiger partial charge in [-0.1, -0.05) is 231 Å². The number of aromatic nitrogens is 1. The maximum Gasteiger partial charge on any atom is 0.0555 e. The molecule has 0 radical (unpaired) electrons. The van der Waals surface area contributed by atoms with Crippen LogP contribution in [0.1, 0.15) is 0 Å². The second-order valence-corrected chi connectivity index (χ2v) is 21.0. The topological polar surface area (TPSA) is 8.17 Å². The van der Waals surface area contributed by atoms with Crippen molar-refractivity contribution < 1.29 is 0 Å². The maximum absolute atomic E-state index is 2.47. The van der Waals surface area contributed by atoms with E-state index in [1.54, 1.807) is 0 Å². The summed E-state index contributed by atoms with van der Waals surface area (Å²) in [6.45, 7) is 0. The van der Waals surface area contributed by atoms with Crippen LogP contribution in [0.2, 0.25) is 0 Å². The third kappa shape index (κ3) is 7.54. The molecule has 0 aliphatic carbocycles. The van der Waals surface area contributed by atoms with Gasteiger partial charge < -0.3 is 9.47 Å². The molecule has 360 valence electrons. The van der Waals surface area contributed by atoms with Crippen LogP contribution in [-0.4, -0.2) is 4.57 Å². The maximum atomic E-state index is 2.47. The second-order valence-electron chi connectivity index (χ2n) is 19.9. The Morgan fingerprint density at radius 1 is 0.273 bits per heavy atom. The summed E-state index contributed by atoms with van der Waals surface area (Å²) >= 11 is 1.89. The van der Waals surface area contributed by atoms with Crippen LogP contribution < -0.4 is 4.90 Å². The lowest BCUT2D eigenvalue weighted by atomic mass is 9.91. The first kappa shape index (κ1) is 44.7. The molecule has 0 atom stereocenters. The van der Waals surface area contributed by atoms with Crippen LogP contribution in [-0.2, 0) is 0 Å². The molecule has 2 aromatic heterocycles. The summed E-state index contributed by atoms with van der Waals surface area (Å²) in [5, 5.41) is 10.0. The highest BCUT2D eigenvalue weighted by Gasteiger charge is 2.23. The molecule has 0 spiro atoms. The second kappa shape index (κ2) is 18.5. The van der Waals surface area contributed by atoms with Gasteiger partial charge in [-0.15, -0.1) is 11.3 Å². The fourth-order valence-corrected chi connectivity index (χ4v) is 13.3. The van der Waals surface area contributed by atoms with Crippen LogP contribution in [0.5, 0.6) is 0 Å². The van der Waals surface area contributed by atoms with Gasteiger partial charge >= 0.3 is 0 Å². The van der Waals surface area contributed by atoms with Crippen LogP contribution in [0.4, 0.5) is 17.1 Å². The Morgan fingerprint density at radius 2 is 0.753 bits per heavy atom. The van der Waals surface area contributed by atoms with Crippen molar-refractivity contribution in [2.75, 3.05) is 4.90 Å². The van der Waals surface area contributed by atoms with Crippen molar-refractivity contribution in [1.82, 2.24) is 4.57 Å². The Bertz CT molecular complexity index is 4710. The fraction of sp³-hybridized carbons (Fsp3) is 0. The molecular weight excluding hydrogens is 949 g/mol. The molecule has 15 rings (SSSR count). The number of hydrogen-bond acceptors (Lipinski definition) is 2. The van der Waals surface area contributed by atoms with E-state index >= 15 is 0 Å². The first-order chi connectivity index (χ1) is 38.2. The van der Waals surface area contributed by atoms with Gasteiger partial charge in [-0.2, -0.15) is 0 Å². The average Bonchev–Trinajstić information content (AvgIpc) is 4.13. The van der Waals surface area contributed by atoms with Gasteiger partial charge in [0, 0.05) is 53.6 Å². The quantitative estimate of drug-likeness (QED) is 0.140. The van der Waals surface area contributed by atoms with Gasteiger partial charge in [0.25, 0.3) is 0 Å². The number of fused-ring (bicyclic) bond motifs is 8. The van der Waals surface area contributed by atoms with Crippen molar-refractivity contribution in [2.45, 2.75) is 0 Å². The van der Waals surface area contributed by atoms with Gasteiger partial charge in [0.2, 0.25) is 0 Å². The highest BCUT2D eigenvalue weighted by molar-refractivity contribution is 7.26. The predicted molar refractivity (Wildman–Crippen MR) is 331 cm³/mol. The molecule has 3 heteroatoms. The van der Waals surface area contributed by atoms with Gasteiger partial charge in [-0.05, 0) is 132 Å². The van der Waals surface area contributed by atoms with E-state index in [2.05, 4.69) is 301 Å². The molecule has 0 fully saturated rings. The van der Waals surface area contributed by atoms with Crippen molar-refractivity contribution in [3.05, 3.63) is 291 Å². The Balaban J connectivity index is 0.873. The van der Waals surface area contributed by atoms with Gasteiger partial charge in [-0.3, -0.25) is 0 Å². The molecule has 15 aromatic rings. The Hall–Kier alpha value is -9.80. The molecule has 0 unspecified atom stereocenters. The number of anilines is 3. The van der Waals surface area contributed by atoms with E-state index < -0.39 is 0 Å². The zero-order valence-corrected chi connectivity index (χ0v) is 42.8. The third-order valence-electron chi connectivity index (χ3n) is 15.6. The van der Waals surface area contributed by atoms with Crippen LogP contribution in [0.15, 0.2) is 291 Å². The normalized spacial score (nSPS) is 11.6. The monoisotopic (exact) mass is 996 g/mol. The van der Waals surface area contributed by atoms with E-state index in [-0.39, 0.29) is 0 Å². The lowest BCUT2D eigenvalue weighted by Gasteiger charge is -2.27. The van der Waals surface area contributed by atoms with E-state index in [0.717, 1.165) is 28.3 Å². The summed E-state index contributed by atoms with van der Waals surface area (Å²) in [5.74, 6) is 0. The SMILES string of the molecule is c1ccc(-n2c3ccccc3c3c(-c4ccccc4-c4ccc(N(c5ccc(-c6ccc(-c7cccc8ccccc78)cc6)cc5)c5ccc(-c6cccc7ccccc67)c6sc7ccccc7c56)cc4)cccc32)cc1. The van der Waals surface area contributed by atoms with Gasteiger partial charge in [0.15, 0.2) is 0 Å². The third-order valence-corrected chi connectivity index (χ3v) is 16.8. The van der Waals surface area contributed by atoms with E-state index in [0.29, 0.717) is 0 Å². The molecular formula is C74H48N2S. The van der Waals surface area contributed by atoms with Crippen LogP contribution in [0, 0.1) is 0 Å². The summed E-state index contributed by atoms with van der Waals surface area (Å²) < 4.78 is 4.95. The van der Waals surface area contributed by atoms with E-state index in [1.807, 2.05) is 11.3 Å². The average molecular weight is 997 g/mol. The number of para-hydroxylation sites is 2. The number of rotatable bonds is 9. The standard InChI is InChI=1S/C74H48N2S/c1-2-21-55(22-3-1)76-68-32-12-10-27-66(68)72-64(31-16-33-69(72)76)62-26-9-8-25-61(62)54-41-45-57(46-42-54)75(56-43-39-50(40-44-56)49-35-37-53(38-36-49)59-29-14-19-51-17-4-6-23-58(51)59)70-48-47-65(63-30-15-20-52-18-5-7-24-60(52)63)74-73(70)67-28-11-13-34-71(67)77-74/h1-48H. The minimum Gasteiger partial charge on any atom is -0.310 e. The van der Waals surface area contributed by atoms with Crippen LogP contribution in [0.3, 0.4) is 0 Å². The van der Waals surface area contributed by atoms with Crippen LogP contribution >= 0.6 is 11.3 Å². The molecule has 77 heavy (non-hydrogen) atoms. The molecule has 0 saturated carbocycles. The zero-order valence-electron chi connectivity index (χ0n) is 42.0. The van der Waals surface area contributed by atoms with Gasteiger partial charge in [-0.25, -0.2) is 0 Å². The van der Waals surface area contributed by atoms with Gasteiger partial charge in [0.1, 0.15) is 0 Å². The molecule has 0 N–H and O–H groups in total. The van der Waals surface area contributed by atoms with Gasteiger partial charge in [0.05, 0.1) is 16.7 Å². The lowest BCUT2D eigenvalue weighted by Crippen LogP contribution is -2.10. The Kier molecular flexibility index (Phi) is 10.8. The molecule has 0 bridgehead atoms. The summed E-state index contributed by atoms with van der Waals surface area (Å²) in [7, 11) is 0. The summed E-state index contributed by atoms with van der Waals surface area (Å²) in [5.41, 5.74) is 18.9. The largest absolute Gasteiger partial charge is 0.310 e. The first-order valence-electron chi connectivity index (χ1n) is 26.4.